The molecule has 7 nitrogen and oxygen atoms in total. The van der Waals surface area contributed by atoms with Crippen LogP contribution in [0.25, 0.3) is 10.1 Å². The SMILES string of the molecule is C=CC(=O)OCCCCOCC(COCc1cccc2sc3c(c(=O)c12)CC=CC3)OC(=O)C=C. The Morgan fingerprint density at radius 2 is 1.74 bits per heavy atom. The van der Waals surface area contributed by atoms with Gasteiger partial charge in [-0.1, -0.05) is 37.4 Å². The monoisotopic (exact) mass is 498 g/mol. The van der Waals surface area contributed by atoms with Crippen molar-refractivity contribution in [3.63, 3.8) is 0 Å². The second-order valence-corrected chi connectivity index (χ2v) is 9.07. The molecular formula is C27H30O7S. The third-order valence-electron chi connectivity index (χ3n) is 5.38. The van der Waals surface area contributed by atoms with E-state index in [0.29, 0.717) is 37.9 Å². The van der Waals surface area contributed by atoms with Crippen molar-refractivity contribution in [2.75, 3.05) is 26.4 Å². The Morgan fingerprint density at radius 1 is 1.00 bits per heavy atom. The van der Waals surface area contributed by atoms with Gasteiger partial charge in [-0.2, -0.15) is 0 Å². The quantitative estimate of drug-likeness (QED) is 0.168. The van der Waals surface area contributed by atoms with Crippen molar-refractivity contribution in [3.8, 4) is 0 Å². The fourth-order valence-corrected chi connectivity index (χ4v) is 4.87. The highest BCUT2D eigenvalue weighted by atomic mass is 32.1. The first-order valence-corrected chi connectivity index (χ1v) is 12.3. The van der Waals surface area contributed by atoms with Crippen LogP contribution in [-0.2, 0) is 48.0 Å². The zero-order valence-corrected chi connectivity index (χ0v) is 20.5. The predicted octanol–water partition coefficient (Wildman–Crippen LogP) is 4.06. The van der Waals surface area contributed by atoms with E-state index in [2.05, 4.69) is 19.2 Å². The maximum atomic E-state index is 13.2. The molecular weight excluding hydrogens is 468 g/mol. The number of carbonyl (C=O) groups excluding carboxylic acids is 2. The lowest BCUT2D eigenvalue weighted by Crippen LogP contribution is -2.28. The molecule has 0 amide bonds. The van der Waals surface area contributed by atoms with Crippen molar-refractivity contribution in [3.05, 3.63) is 81.9 Å². The van der Waals surface area contributed by atoms with Crippen LogP contribution >= 0.6 is 11.3 Å². The minimum Gasteiger partial charge on any atom is -0.463 e. The molecule has 0 N–H and O–H groups in total. The summed E-state index contributed by atoms with van der Waals surface area (Å²) in [5.74, 6) is -1.01. The number of esters is 2. The molecule has 0 spiro atoms. The largest absolute Gasteiger partial charge is 0.463 e. The molecule has 0 saturated heterocycles. The van der Waals surface area contributed by atoms with E-state index in [1.807, 2.05) is 24.3 Å². The van der Waals surface area contributed by atoms with E-state index < -0.39 is 18.0 Å². The maximum Gasteiger partial charge on any atom is 0.330 e. The fraction of sp³-hybridized carbons (Fsp3) is 0.370. The van der Waals surface area contributed by atoms with Gasteiger partial charge in [0.15, 0.2) is 5.43 Å². The lowest BCUT2D eigenvalue weighted by molar-refractivity contribution is -0.150. The fourth-order valence-electron chi connectivity index (χ4n) is 3.66. The molecule has 186 valence electrons. The average Bonchev–Trinajstić information content (AvgIpc) is 2.87. The molecule has 1 atom stereocenters. The normalized spacial score (nSPS) is 13.1. The summed E-state index contributed by atoms with van der Waals surface area (Å²) >= 11 is 1.65. The predicted molar refractivity (Wildman–Crippen MR) is 136 cm³/mol. The van der Waals surface area contributed by atoms with E-state index in [0.717, 1.165) is 39.3 Å². The van der Waals surface area contributed by atoms with Crippen LogP contribution < -0.4 is 5.43 Å². The van der Waals surface area contributed by atoms with Gasteiger partial charge in [-0.15, -0.1) is 11.3 Å². The number of ether oxygens (including phenoxy) is 4. The van der Waals surface area contributed by atoms with E-state index in [4.69, 9.17) is 18.9 Å². The van der Waals surface area contributed by atoms with E-state index in [-0.39, 0.29) is 25.2 Å². The molecule has 0 fully saturated rings. The van der Waals surface area contributed by atoms with Crippen molar-refractivity contribution in [2.45, 2.75) is 38.4 Å². The molecule has 1 aromatic carbocycles. The molecule has 1 aromatic heterocycles. The van der Waals surface area contributed by atoms with E-state index in [9.17, 15) is 14.4 Å². The molecule has 0 radical (unpaired) electrons. The Balaban J connectivity index is 1.54. The molecule has 1 aliphatic rings. The number of hydrogen-bond acceptors (Lipinski definition) is 8. The smallest absolute Gasteiger partial charge is 0.330 e. The second kappa shape index (κ2) is 13.7. The van der Waals surface area contributed by atoms with Crippen LogP contribution in [0.15, 0.2) is 60.5 Å². The van der Waals surface area contributed by atoms with Crippen LogP contribution in [0.3, 0.4) is 0 Å². The van der Waals surface area contributed by atoms with Crippen LogP contribution in [0, 0.1) is 0 Å². The number of rotatable bonds is 14. The molecule has 35 heavy (non-hydrogen) atoms. The Labute approximate surface area is 208 Å². The summed E-state index contributed by atoms with van der Waals surface area (Å²) in [6, 6.07) is 5.78. The van der Waals surface area contributed by atoms with Crippen molar-refractivity contribution < 1.29 is 28.5 Å². The summed E-state index contributed by atoms with van der Waals surface area (Å²) in [5.41, 5.74) is 1.74. The summed E-state index contributed by atoms with van der Waals surface area (Å²) in [6.45, 7) is 7.95. The molecule has 0 saturated carbocycles. The van der Waals surface area contributed by atoms with Gasteiger partial charge in [0.1, 0.15) is 6.10 Å². The van der Waals surface area contributed by atoms with Crippen molar-refractivity contribution >= 4 is 33.4 Å². The number of hydrogen-bond donors (Lipinski definition) is 0. The van der Waals surface area contributed by atoms with Crippen LogP contribution in [0.2, 0.25) is 0 Å². The van der Waals surface area contributed by atoms with Gasteiger partial charge in [0.2, 0.25) is 0 Å². The van der Waals surface area contributed by atoms with E-state index in [1.54, 1.807) is 11.3 Å². The van der Waals surface area contributed by atoms with Gasteiger partial charge in [0.05, 0.1) is 26.4 Å². The highest BCUT2D eigenvalue weighted by Crippen LogP contribution is 2.27. The molecule has 0 bridgehead atoms. The third-order valence-corrected chi connectivity index (χ3v) is 6.60. The Hall–Kier alpha value is -3.07. The summed E-state index contributed by atoms with van der Waals surface area (Å²) in [4.78, 5) is 37.0. The van der Waals surface area contributed by atoms with Crippen LogP contribution in [0.1, 0.15) is 28.8 Å². The number of benzene rings is 1. The van der Waals surface area contributed by atoms with Gasteiger partial charge in [-0.3, -0.25) is 4.79 Å². The highest BCUT2D eigenvalue weighted by Gasteiger charge is 2.17. The summed E-state index contributed by atoms with van der Waals surface area (Å²) in [5, 5.41) is 0.694. The molecule has 2 aromatic rings. The van der Waals surface area contributed by atoms with Crippen molar-refractivity contribution in [1.82, 2.24) is 0 Å². The first-order valence-electron chi connectivity index (χ1n) is 11.5. The number of fused-ring (bicyclic) bond motifs is 2. The minimum atomic E-state index is -0.624. The van der Waals surface area contributed by atoms with Crippen LogP contribution in [-0.4, -0.2) is 44.5 Å². The van der Waals surface area contributed by atoms with Gasteiger partial charge in [-0.05, 0) is 30.9 Å². The Bertz CT molecular complexity index is 1150. The third kappa shape index (κ3) is 7.71. The number of carbonyl (C=O) groups is 2. The minimum absolute atomic E-state index is 0.0639. The zero-order chi connectivity index (χ0) is 25.0. The first kappa shape index (κ1) is 26.5. The number of unbranched alkanes of at least 4 members (excludes halogenated alkanes) is 1. The second-order valence-electron chi connectivity index (χ2n) is 7.93. The molecule has 1 aliphatic carbocycles. The lowest BCUT2D eigenvalue weighted by Gasteiger charge is -2.18. The number of allylic oxidation sites excluding steroid dienone is 2. The summed E-state index contributed by atoms with van der Waals surface area (Å²) < 4.78 is 22.7. The molecule has 8 heteroatoms. The van der Waals surface area contributed by atoms with Gasteiger partial charge in [-0.25, -0.2) is 9.59 Å². The van der Waals surface area contributed by atoms with Crippen molar-refractivity contribution in [1.29, 1.82) is 0 Å². The Kier molecular flexibility index (Phi) is 10.4. The van der Waals surface area contributed by atoms with Crippen LogP contribution in [0.4, 0.5) is 0 Å². The van der Waals surface area contributed by atoms with Crippen LogP contribution in [0.5, 0.6) is 0 Å². The van der Waals surface area contributed by atoms with Gasteiger partial charge >= 0.3 is 11.9 Å². The summed E-state index contributed by atoms with van der Waals surface area (Å²) in [6.07, 6.45) is 8.50. The standard InChI is InChI=1S/C27H30O7S/c1-3-24(28)33-15-8-7-14-31-17-20(34-25(29)4-2)18-32-16-19-10-9-13-23-26(19)27(30)21-11-5-6-12-22(21)35-23/h3-6,9-10,13,20H,1-2,7-8,11-12,14-18H2. The Morgan fingerprint density at radius 3 is 2.54 bits per heavy atom. The topological polar surface area (TPSA) is 88.1 Å². The van der Waals surface area contributed by atoms with Gasteiger partial charge in [0.25, 0.3) is 0 Å². The molecule has 1 unspecified atom stereocenters. The van der Waals surface area contributed by atoms with Gasteiger partial charge in [0, 0.05) is 45.7 Å². The van der Waals surface area contributed by atoms with Crippen molar-refractivity contribution in [2.24, 2.45) is 0 Å². The molecule has 0 aliphatic heterocycles. The lowest BCUT2D eigenvalue weighted by atomic mass is 10.0. The van der Waals surface area contributed by atoms with Gasteiger partial charge < -0.3 is 18.9 Å². The first-order chi connectivity index (χ1) is 17.0. The highest BCUT2D eigenvalue weighted by molar-refractivity contribution is 7.18. The average molecular weight is 499 g/mol. The van der Waals surface area contributed by atoms with E-state index in [1.165, 1.54) is 0 Å². The molecule has 1 heterocycles. The zero-order valence-electron chi connectivity index (χ0n) is 19.7. The molecule has 3 rings (SSSR count). The van der Waals surface area contributed by atoms with E-state index >= 15 is 0 Å². The summed E-state index contributed by atoms with van der Waals surface area (Å²) in [7, 11) is 0. The maximum absolute atomic E-state index is 13.2.